The summed E-state index contributed by atoms with van der Waals surface area (Å²) in [5.74, 6) is -0.233. The first-order chi connectivity index (χ1) is 12.5. The lowest BCUT2D eigenvalue weighted by molar-refractivity contribution is -0.00805. The first-order valence-corrected chi connectivity index (χ1v) is 9.42. The second kappa shape index (κ2) is 8.10. The highest BCUT2D eigenvalue weighted by Gasteiger charge is 2.37. The summed E-state index contributed by atoms with van der Waals surface area (Å²) in [6.45, 7) is 12.5. The fraction of sp³-hybridized carbons (Fsp3) is 0.684. The number of carbonyl (C=O) groups is 2. The monoisotopic (exact) mass is 378 g/mol. The minimum Gasteiger partial charge on any atom is -0.444 e. The average Bonchev–Trinajstić information content (AvgIpc) is 2.56. The zero-order valence-corrected chi connectivity index (χ0v) is 17.1. The van der Waals surface area contributed by atoms with Gasteiger partial charge in [0.1, 0.15) is 11.3 Å². The van der Waals surface area contributed by atoms with Gasteiger partial charge in [0.15, 0.2) is 0 Å². The third-order valence-corrected chi connectivity index (χ3v) is 4.40. The van der Waals surface area contributed by atoms with Crippen LogP contribution < -0.4 is 5.56 Å². The number of amides is 2. The number of rotatable bonds is 3. The van der Waals surface area contributed by atoms with Gasteiger partial charge in [-0.25, -0.2) is 9.48 Å². The van der Waals surface area contributed by atoms with Gasteiger partial charge >= 0.3 is 6.09 Å². The van der Waals surface area contributed by atoms with E-state index in [1.807, 2.05) is 41.5 Å². The van der Waals surface area contributed by atoms with Crippen LogP contribution in [-0.2, 0) is 11.3 Å². The number of carbonyl (C=O) groups excluding carboxylic acids is 2. The Morgan fingerprint density at radius 3 is 2.33 bits per heavy atom. The van der Waals surface area contributed by atoms with Crippen molar-refractivity contribution in [1.82, 2.24) is 19.6 Å². The van der Waals surface area contributed by atoms with Crippen LogP contribution in [0.5, 0.6) is 0 Å². The summed E-state index contributed by atoms with van der Waals surface area (Å²) in [4.78, 5) is 40.5. The molecule has 2 atom stereocenters. The maximum atomic E-state index is 12.9. The molecule has 2 rings (SSSR count). The average molecular weight is 378 g/mol. The van der Waals surface area contributed by atoms with E-state index in [4.69, 9.17) is 4.74 Å². The predicted molar refractivity (Wildman–Crippen MR) is 102 cm³/mol. The Balaban J connectivity index is 2.15. The van der Waals surface area contributed by atoms with Crippen molar-refractivity contribution in [3.05, 3.63) is 28.2 Å². The number of aromatic nitrogens is 2. The number of nitrogens with zero attached hydrogens (tertiary/aromatic N) is 4. The van der Waals surface area contributed by atoms with Gasteiger partial charge in [0.25, 0.3) is 11.5 Å². The number of hydrogen-bond donors (Lipinski definition) is 0. The van der Waals surface area contributed by atoms with Crippen LogP contribution in [-0.4, -0.2) is 62.4 Å². The topological polar surface area (TPSA) is 84.7 Å². The number of aryl methyl sites for hydroxylation is 1. The van der Waals surface area contributed by atoms with Crippen molar-refractivity contribution in [3.63, 3.8) is 0 Å². The fourth-order valence-electron chi connectivity index (χ4n) is 3.07. The van der Waals surface area contributed by atoms with Crippen molar-refractivity contribution < 1.29 is 14.3 Å². The maximum absolute atomic E-state index is 12.9. The highest BCUT2D eigenvalue weighted by Crippen LogP contribution is 2.20. The molecule has 1 fully saturated rings. The Kier molecular flexibility index (Phi) is 6.28. The van der Waals surface area contributed by atoms with Crippen molar-refractivity contribution >= 4 is 12.0 Å². The molecule has 0 radical (unpaired) electrons. The second-order valence-electron chi connectivity index (χ2n) is 8.07. The lowest BCUT2D eigenvalue weighted by Crippen LogP contribution is -2.60. The summed E-state index contributed by atoms with van der Waals surface area (Å²) in [5.41, 5.74) is -0.540. The smallest absolute Gasteiger partial charge is 0.410 e. The summed E-state index contributed by atoms with van der Waals surface area (Å²) in [5, 5.41) is 4.21. The van der Waals surface area contributed by atoms with E-state index in [-0.39, 0.29) is 35.3 Å². The van der Waals surface area contributed by atoms with Gasteiger partial charge in [-0.05, 0) is 47.1 Å². The molecular weight excluding hydrogens is 348 g/mol. The van der Waals surface area contributed by atoms with Crippen LogP contribution >= 0.6 is 0 Å². The summed E-state index contributed by atoms with van der Waals surface area (Å²) >= 11 is 0. The van der Waals surface area contributed by atoms with E-state index in [1.54, 1.807) is 9.80 Å². The van der Waals surface area contributed by atoms with Crippen LogP contribution in [0.1, 0.15) is 58.5 Å². The van der Waals surface area contributed by atoms with Crippen LogP contribution in [0.2, 0.25) is 0 Å². The van der Waals surface area contributed by atoms with E-state index in [2.05, 4.69) is 5.10 Å². The fourth-order valence-corrected chi connectivity index (χ4v) is 3.07. The van der Waals surface area contributed by atoms with Crippen molar-refractivity contribution in [2.75, 3.05) is 13.1 Å². The molecule has 27 heavy (non-hydrogen) atoms. The van der Waals surface area contributed by atoms with Gasteiger partial charge in [0, 0.05) is 37.8 Å². The van der Waals surface area contributed by atoms with Crippen molar-refractivity contribution in [2.45, 2.75) is 72.2 Å². The molecule has 0 unspecified atom stereocenters. The van der Waals surface area contributed by atoms with E-state index < -0.39 is 5.60 Å². The summed E-state index contributed by atoms with van der Waals surface area (Å²) in [7, 11) is 0. The Hall–Kier alpha value is -2.38. The van der Waals surface area contributed by atoms with Crippen LogP contribution in [0, 0.1) is 0 Å². The normalized spacial score (nSPS) is 20.5. The predicted octanol–water partition coefficient (Wildman–Crippen LogP) is 2.12. The van der Waals surface area contributed by atoms with Gasteiger partial charge < -0.3 is 14.5 Å². The zero-order valence-electron chi connectivity index (χ0n) is 17.1. The van der Waals surface area contributed by atoms with Gasteiger partial charge in [-0.2, -0.15) is 5.10 Å². The lowest BCUT2D eigenvalue weighted by Gasteiger charge is -2.44. The molecule has 150 valence electrons. The molecule has 1 aromatic heterocycles. The molecule has 1 aromatic rings. The molecule has 0 saturated carbocycles. The molecule has 0 aliphatic carbocycles. The first kappa shape index (κ1) is 20.9. The Morgan fingerprint density at radius 1 is 1.15 bits per heavy atom. The lowest BCUT2D eigenvalue weighted by atomic mass is 10.1. The summed E-state index contributed by atoms with van der Waals surface area (Å²) in [6.07, 6.45) is 0.385. The van der Waals surface area contributed by atoms with E-state index in [0.717, 1.165) is 6.42 Å². The quantitative estimate of drug-likeness (QED) is 0.804. The minimum absolute atomic E-state index is 0.179. The van der Waals surface area contributed by atoms with Gasteiger partial charge in [-0.1, -0.05) is 6.92 Å². The molecule has 2 heterocycles. The third-order valence-electron chi connectivity index (χ3n) is 4.40. The van der Waals surface area contributed by atoms with E-state index in [9.17, 15) is 14.4 Å². The second-order valence-corrected chi connectivity index (χ2v) is 8.07. The van der Waals surface area contributed by atoms with E-state index >= 15 is 0 Å². The van der Waals surface area contributed by atoms with Crippen LogP contribution in [0.4, 0.5) is 4.79 Å². The van der Waals surface area contributed by atoms with Crippen molar-refractivity contribution in [1.29, 1.82) is 0 Å². The first-order valence-electron chi connectivity index (χ1n) is 9.42. The molecule has 1 saturated heterocycles. The van der Waals surface area contributed by atoms with Crippen LogP contribution in [0.3, 0.4) is 0 Å². The van der Waals surface area contributed by atoms with Crippen molar-refractivity contribution in [3.8, 4) is 0 Å². The molecule has 8 nitrogen and oxygen atoms in total. The highest BCUT2D eigenvalue weighted by atomic mass is 16.6. The van der Waals surface area contributed by atoms with E-state index in [1.165, 1.54) is 16.8 Å². The Bertz CT molecular complexity index is 753. The minimum atomic E-state index is -0.566. The molecule has 1 aliphatic rings. The Labute approximate surface area is 160 Å². The van der Waals surface area contributed by atoms with Crippen LogP contribution in [0.25, 0.3) is 0 Å². The molecular formula is C19H30N4O4. The molecule has 0 aromatic carbocycles. The van der Waals surface area contributed by atoms with Gasteiger partial charge in [0.05, 0.1) is 0 Å². The zero-order chi connectivity index (χ0) is 20.4. The van der Waals surface area contributed by atoms with Crippen molar-refractivity contribution in [2.24, 2.45) is 0 Å². The Morgan fingerprint density at radius 2 is 1.74 bits per heavy atom. The molecule has 0 spiro atoms. The van der Waals surface area contributed by atoms with Crippen LogP contribution in [0.15, 0.2) is 16.9 Å². The summed E-state index contributed by atoms with van der Waals surface area (Å²) < 4.78 is 6.78. The molecule has 0 bridgehead atoms. The van der Waals surface area contributed by atoms with Gasteiger partial charge in [-0.15, -0.1) is 0 Å². The molecule has 0 N–H and O–H groups in total. The van der Waals surface area contributed by atoms with Gasteiger partial charge in [-0.3, -0.25) is 9.59 Å². The SMILES string of the molecule is CCCn1nc(C(=O)N2C[C@@H](C)N(C(=O)OC(C)(C)C)C[C@@H]2C)ccc1=O. The number of hydrogen-bond acceptors (Lipinski definition) is 5. The summed E-state index contributed by atoms with van der Waals surface area (Å²) in [6, 6.07) is 2.48. The number of piperazine rings is 1. The highest BCUT2D eigenvalue weighted by molar-refractivity contribution is 5.92. The molecule has 2 amide bonds. The molecule has 1 aliphatic heterocycles. The van der Waals surface area contributed by atoms with E-state index in [0.29, 0.717) is 19.6 Å². The number of ether oxygens (including phenoxy) is 1. The standard InChI is InChI=1S/C19H30N4O4/c1-7-10-23-16(24)9-8-15(20-23)17(25)21-11-14(3)22(12-13(21)2)18(26)27-19(4,5)6/h8-9,13-14H,7,10-12H2,1-6H3/t13-,14+/m0/s1. The largest absolute Gasteiger partial charge is 0.444 e. The third kappa shape index (κ3) is 5.08. The maximum Gasteiger partial charge on any atom is 0.410 e. The van der Waals surface area contributed by atoms with Gasteiger partial charge in [0.2, 0.25) is 0 Å². The molecule has 8 heteroatoms.